The third kappa shape index (κ3) is 0.448. The molecule has 0 N–H and O–H groups in total. The molecule has 0 saturated heterocycles. The van der Waals surface area contributed by atoms with Crippen molar-refractivity contribution in [2.45, 2.75) is 12.8 Å². The molecule has 0 aromatic rings. The summed E-state index contributed by atoms with van der Waals surface area (Å²) < 4.78 is 0. The summed E-state index contributed by atoms with van der Waals surface area (Å²) in [6, 6.07) is 0. The van der Waals surface area contributed by atoms with E-state index in [4.69, 9.17) is 0 Å². The normalized spacial score (nSPS) is 54.4. The zero-order chi connectivity index (χ0) is 6.55. The molecular weight excluding hydrogens is 120 g/mol. The van der Waals surface area contributed by atoms with Crippen molar-refractivity contribution in [3.05, 3.63) is 24.3 Å². The molecule has 10 heavy (non-hydrogen) atoms. The summed E-state index contributed by atoms with van der Waals surface area (Å²) in [4.78, 5) is 0. The number of hydrogen-bond acceptors (Lipinski definition) is 0. The average Bonchev–Trinajstić information content (AvgIpc) is 2.60. The minimum Gasteiger partial charge on any atom is -0.0879 e. The maximum Gasteiger partial charge on any atom is -0.0133 e. The lowest BCUT2D eigenvalue weighted by molar-refractivity contribution is 0.398. The van der Waals surface area contributed by atoms with Gasteiger partial charge in [-0.25, -0.2) is 0 Å². The highest BCUT2D eigenvalue weighted by Crippen LogP contribution is 2.52. The van der Waals surface area contributed by atoms with Crippen molar-refractivity contribution in [2.75, 3.05) is 0 Å². The zero-order valence-electron chi connectivity index (χ0n) is 6.03. The lowest BCUT2D eigenvalue weighted by atomic mass is 9.86. The number of allylic oxidation sites excluding steroid dienone is 4. The van der Waals surface area contributed by atoms with E-state index in [0.29, 0.717) is 0 Å². The van der Waals surface area contributed by atoms with Gasteiger partial charge >= 0.3 is 0 Å². The van der Waals surface area contributed by atoms with Gasteiger partial charge in [-0.1, -0.05) is 24.3 Å². The lowest BCUT2D eigenvalue weighted by Gasteiger charge is -2.18. The number of fused-ring (bicyclic) bond motifs is 5. The largest absolute Gasteiger partial charge is 0.0879 e. The molecule has 3 aliphatic carbocycles. The first kappa shape index (κ1) is 5.17. The molecule has 0 aromatic heterocycles. The molecule has 0 aliphatic heterocycles. The Morgan fingerprint density at radius 1 is 1.00 bits per heavy atom. The first-order valence-corrected chi connectivity index (χ1v) is 4.30. The molecule has 0 heteroatoms. The molecule has 4 atom stereocenters. The fourth-order valence-electron chi connectivity index (χ4n) is 2.97. The Hall–Kier alpha value is -0.520. The van der Waals surface area contributed by atoms with Gasteiger partial charge in [-0.3, -0.25) is 0 Å². The Morgan fingerprint density at radius 2 is 1.90 bits per heavy atom. The van der Waals surface area contributed by atoms with Crippen LogP contribution in [0.15, 0.2) is 24.3 Å². The molecule has 0 nitrogen and oxygen atoms in total. The molecule has 0 spiro atoms. The highest BCUT2D eigenvalue weighted by Gasteiger charge is 2.44. The molecule has 3 aliphatic rings. The Labute approximate surface area is 61.6 Å². The van der Waals surface area contributed by atoms with Crippen molar-refractivity contribution in [3.63, 3.8) is 0 Å². The third-order valence-electron chi connectivity index (χ3n) is 3.46. The van der Waals surface area contributed by atoms with Crippen LogP contribution in [0.25, 0.3) is 0 Å². The summed E-state index contributed by atoms with van der Waals surface area (Å²) in [6.45, 7) is 0. The van der Waals surface area contributed by atoms with Crippen LogP contribution in [0.1, 0.15) is 12.8 Å². The highest BCUT2D eigenvalue weighted by atomic mass is 14.5. The SMILES string of the molecule is C1=C[C@H]2[C@@H](C1)[C@@H]1C=C[C@@H]2C1. The van der Waals surface area contributed by atoms with Crippen molar-refractivity contribution < 1.29 is 0 Å². The minimum absolute atomic E-state index is 0.925. The van der Waals surface area contributed by atoms with Gasteiger partial charge in [0.1, 0.15) is 0 Å². The van der Waals surface area contributed by atoms with Crippen LogP contribution < -0.4 is 0 Å². The van der Waals surface area contributed by atoms with Gasteiger partial charge in [0.05, 0.1) is 0 Å². The third-order valence-corrected chi connectivity index (χ3v) is 3.46. The van der Waals surface area contributed by atoms with E-state index in [1.165, 1.54) is 12.8 Å². The van der Waals surface area contributed by atoms with Crippen LogP contribution >= 0.6 is 0 Å². The lowest BCUT2D eigenvalue weighted by Crippen LogP contribution is -2.12. The second-order valence-electron chi connectivity index (χ2n) is 3.85. The fraction of sp³-hybridized carbons (Fsp3) is 0.600. The van der Waals surface area contributed by atoms with E-state index in [0.717, 1.165) is 23.7 Å². The predicted molar refractivity (Wildman–Crippen MR) is 41.5 cm³/mol. The molecular formula is C10H12. The Kier molecular flexibility index (Phi) is 0.803. The van der Waals surface area contributed by atoms with E-state index in [2.05, 4.69) is 24.3 Å². The Morgan fingerprint density at radius 3 is 2.80 bits per heavy atom. The smallest absolute Gasteiger partial charge is 0.0133 e. The maximum atomic E-state index is 2.44. The predicted octanol–water partition coefficient (Wildman–Crippen LogP) is 2.38. The Balaban J connectivity index is 2.04. The first-order valence-electron chi connectivity index (χ1n) is 4.30. The molecule has 1 saturated carbocycles. The molecule has 52 valence electrons. The van der Waals surface area contributed by atoms with Gasteiger partial charge in [-0.15, -0.1) is 0 Å². The molecule has 3 rings (SSSR count). The molecule has 0 aromatic carbocycles. The minimum atomic E-state index is 0.925. The molecule has 1 fully saturated rings. The van der Waals surface area contributed by atoms with E-state index >= 15 is 0 Å². The van der Waals surface area contributed by atoms with Gasteiger partial charge in [0.25, 0.3) is 0 Å². The fourth-order valence-corrected chi connectivity index (χ4v) is 2.97. The van der Waals surface area contributed by atoms with Crippen molar-refractivity contribution in [1.82, 2.24) is 0 Å². The summed E-state index contributed by atoms with van der Waals surface area (Å²) in [5.74, 6) is 3.82. The highest BCUT2D eigenvalue weighted by molar-refractivity contribution is 5.21. The topological polar surface area (TPSA) is 0 Å². The zero-order valence-corrected chi connectivity index (χ0v) is 6.03. The summed E-state index contributed by atoms with van der Waals surface area (Å²) in [7, 11) is 0. The van der Waals surface area contributed by atoms with Gasteiger partial charge in [-0.2, -0.15) is 0 Å². The van der Waals surface area contributed by atoms with E-state index in [-0.39, 0.29) is 0 Å². The monoisotopic (exact) mass is 132 g/mol. The van der Waals surface area contributed by atoms with Gasteiger partial charge < -0.3 is 0 Å². The molecule has 2 bridgehead atoms. The average molecular weight is 132 g/mol. The van der Waals surface area contributed by atoms with Crippen LogP contribution in [0.5, 0.6) is 0 Å². The summed E-state index contributed by atoms with van der Waals surface area (Å²) in [6.07, 6.45) is 12.5. The molecule has 0 radical (unpaired) electrons. The van der Waals surface area contributed by atoms with Crippen LogP contribution in [0.2, 0.25) is 0 Å². The van der Waals surface area contributed by atoms with Crippen molar-refractivity contribution >= 4 is 0 Å². The summed E-state index contributed by atoms with van der Waals surface area (Å²) in [5, 5.41) is 0. The van der Waals surface area contributed by atoms with Crippen LogP contribution in [0.3, 0.4) is 0 Å². The van der Waals surface area contributed by atoms with Gasteiger partial charge in [-0.05, 0) is 36.5 Å². The second kappa shape index (κ2) is 1.55. The number of rotatable bonds is 0. The standard InChI is InChI=1S/C10H12/c1-2-9-7-4-5-8(6-7)10(9)3-1/h1-2,4-5,7-10H,3,6H2/t7-,8-,9-,10+/m1/s1. The quantitative estimate of drug-likeness (QED) is 0.444. The van der Waals surface area contributed by atoms with Crippen molar-refractivity contribution in [3.8, 4) is 0 Å². The van der Waals surface area contributed by atoms with E-state index in [9.17, 15) is 0 Å². The van der Waals surface area contributed by atoms with Crippen LogP contribution in [-0.4, -0.2) is 0 Å². The summed E-state index contributed by atoms with van der Waals surface area (Å²) >= 11 is 0. The Bertz CT molecular complexity index is 212. The van der Waals surface area contributed by atoms with Crippen LogP contribution in [0, 0.1) is 23.7 Å². The van der Waals surface area contributed by atoms with Gasteiger partial charge in [0, 0.05) is 0 Å². The van der Waals surface area contributed by atoms with Crippen molar-refractivity contribution in [1.29, 1.82) is 0 Å². The molecule has 0 unspecified atom stereocenters. The maximum absolute atomic E-state index is 2.44. The van der Waals surface area contributed by atoms with Crippen molar-refractivity contribution in [2.24, 2.45) is 23.7 Å². The molecule has 0 heterocycles. The van der Waals surface area contributed by atoms with Crippen LogP contribution in [-0.2, 0) is 0 Å². The van der Waals surface area contributed by atoms with Gasteiger partial charge in [0.15, 0.2) is 0 Å². The second-order valence-corrected chi connectivity index (χ2v) is 3.85. The number of hydrogen-bond donors (Lipinski definition) is 0. The molecule has 0 amide bonds. The first-order chi connectivity index (χ1) is 4.95. The van der Waals surface area contributed by atoms with E-state index in [1.807, 2.05) is 0 Å². The van der Waals surface area contributed by atoms with E-state index < -0.39 is 0 Å². The van der Waals surface area contributed by atoms with Crippen LogP contribution in [0.4, 0.5) is 0 Å². The van der Waals surface area contributed by atoms with Gasteiger partial charge in [0.2, 0.25) is 0 Å². The van der Waals surface area contributed by atoms with E-state index in [1.54, 1.807) is 0 Å². The summed E-state index contributed by atoms with van der Waals surface area (Å²) in [5.41, 5.74) is 0.